The molecule has 1 aliphatic heterocycles. The number of morpholine rings is 1. The first-order valence-electron chi connectivity index (χ1n) is 8.27. The van der Waals surface area contributed by atoms with Crippen molar-refractivity contribution in [3.8, 4) is 0 Å². The van der Waals surface area contributed by atoms with E-state index in [4.69, 9.17) is 9.72 Å². The molecule has 0 saturated carbocycles. The van der Waals surface area contributed by atoms with E-state index >= 15 is 0 Å². The van der Waals surface area contributed by atoms with Gasteiger partial charge in [0.2, 0.25) is 0 Å². The van der Waals surface area contributed by atoms with Crippen molar-refractivity contribution in [1.82, 2.24) is 9.88 Å². The third-order valence-corrected chi connectivity index (χ3v) is 5.31. The van der Waals surface area contributed by atoms with Gasteiger partial charge in [-0.15, -0.1) is 0 Å². The van der Waals surface area contributed by atoms with E-state index in [0.717, 1.165) is 45.9 Å². The largest absolute Gasteiger partial charge is 0.378 e. The van der Waals surface area contributed by atoms with E-state index in [9.17, 15) is 0 Å². The van der Waals surface area contributed by atoms with Crippen LogP contribution in [0.4, 0.5) is 5.69 Å². The predicted molar refractivity (Wildman–Crippen MR) is 95.8 cm³/mol. The van der Waals surface area contributed by atoms with Crippen molar-refractivity contribution in [2.24, 2.45) is 0 Å². The van der Waals surface area contributed by atoms with Gasteiger partial charge in [0.25, 0.3) is 0 Å². The molecule has 0 aliphatic carbocycles. The number of ether oxygens (including phenoxy) is 1. The van der Waals surface area contributed by atoms with Crippen LogP contribution in [-0.4, -0.2) is 55.5 Å². The molecule has 1 saturated heterocycles. The molecule has 1 fully saturated rings. The van der Waals surface area contributed by atoms with Crippen molar-refractivity contribution >= 4 is 17.4 Å². The van der Waals surface area contributed by atoms with Crippen molar-refractivity contribution in [2.45, 2.75) is 32.6 Å². The molecule has 0 bridgehead atoms. The van der Waals surface area contributed by atoms with Gasteiger partial charge in [-0.3, -0.25) is 9.88 Å². The molecule has 0 spiro atoms. The zero-order valence-electron chi connectivity index (χ0n) is 14.3. The van der Waals surface area contributed by atoms with E-state index in [0.29, 0.717) is 5.25 Å². The monoisotopic (exact) mass is 323 g/mol. The fourth-order valence-corrected chi connectivity index (χ4v) is 3.10. The quantitative estimate of drug-likeness (QED) is 0.768. The van der Waals surface area contributed by atoms with E-state index in [1.54, 1.807) is 0 Å². The maximum atomic E-state index is 5.49. The molecule has 0 N–H and O–H groups in total. The highest BCUT2D eigenvalue weighted by Gasteiger charge is 2.18. The van der Waals surface area contributed by atoms with E-state index in [-0.39, 0.29) is 0 Å². The first-order valence-corrected chi connectivity index (χ1v) is 9.56. The standard InChI is InChI=1S/C17H29N3OS/c1-5-19(6-2)13-16-17(20-9-11-21-12-10-20)8-7-15(18-16)14(3)22-4/h7-8,14H,5-6,9-13H2,1-4H3. The summed E-state index contributed by atoms with van der Waals surface area (Å²) in [6.07, 6.45) is 2.15. The lowest BCUT2D eigenvalue weighted by molar-refractivity contribution is 0.122. The molecule has 22 heavy (non-hydrogen) atoms. The highest BCUT2D eigenvalue weighted by molar-refractivity contribution is 7.98. The first kappa shape index (κ1) is 17.6. The van der Waals surface area contributed by atoms with Crippen LogP contribution in [0.5, 0.6) is 0 Å². The number of anilines is 1. The van der Waals surface area contributed by atoms with Crippen LogP contribution < -0.4 is 4.90 Å². The summed E-state index contributed by atoms with van der Waals surface area (Å²) in [6.45, 7) is 13.2. The maximum Gasteiger partial charge on any atom is 0.0780 e. The summed E-state index contributed by atoms with van der Waals surface area (Å²) in [4.78, 5) is 9.86. The topological polar surface area (TPSA) is 28.6 Å². The van der Waals surface area contributed by atoms with Gasteiger partial charge in [-0.05, 0) is 38.4 Å². The fraction of sp³-hybridized carbons (Fsp3) is 0.706. The number of hydrogen-bond acceptors (Lipinski definition) is 5. The van der Waals surface area contributed by atoms with Crippen molar-refractivity contribution in [3.63, 3.8) is 0 Å². The molecule has 0 radical (unpaired) electrons. The number of thioether (sulfide) groups is 1. The Morgan fingerprint density at radius 2 is 1.95 bits per heavy atom. The third-order valence-electron chi connectivity index (χ3n) is 4.36. The van der Waals surface area contributed by atoms with Crippen molar-refractivity contribution in [3.05, 3.63) is 23.5 Å². The second kappa shape index (κ2) is 8.75. The number of nitrogens with zero attached hydrogens (tertiary/aromatic N) is 3. The molecule has 1 aromatic heterocycles. The molecule has 1 unspecified atom stereocenters. The second-order valence-electron chi connectivity index (χ2n) is 5.64. The molecule has 0 aromatic carbocycles. The number of rotatable bonds is 7. The van der Waals surface area contributed by atoms with Crippen molar-refractivity contribution in [1.29, 1.82) is 0 Å². The van der Waals surface area contributed by atoms with Crippen LogP contribution in [0.25, 0.3) is 0 Å². The van der Waals surface area contributed by atoms with Gasteiger partial charge in [0.1, 0.15) is 0 Å². The van der Waals surface area contributed by atoms with Gasteiger partial charge in [0.05, 0.1) is 30.3 Å². The van der Waals surface area contributed by atoms with E-state index in [1.807, 2.05) is 11.8 Å². The number of aromatic nitrogens is 1. The van der Waals surface area contributed by atoms with Crippen molar-refractivity contribution in [2.75, 3.05) is 50.5 Å². The summed E-state index contributed by atoms with van der Waals surface area (Å²) in [7, 11) is 0. The molecule has 2 heterocycles. The van der Waals surface area contributed by atoms with Crippen LogP contribution in [0.2, 0.25) is 0 Å². The summed E-state index contributed by atoms with van der Waals surface area (Å²) < 4.78 is 5.49. The Bertz CT molecular complexity index is 459. The third kappa shape index (κ3) is 4.37. The Labute approximate surface area is 139 Å². The highest BCUT2D eigenvalue weighted by atomic mass is 32.2. The lowest BCUT2D eigenvalue weighted by Gasteiger charge is -2.31. The minimum absolute atomic E-state index is 0.439. The van der Waals surface area contributed by atoms with Crippen LogP contribution in [0, 0.1) is 0 Å². The van der Waals surface area contributed by atoms with Gasteiger partial charge < -0.3 is 9.64 Å². The number of hydrogen-bond donors (Lipinski definition) is 0. The fourth-order valence-electron chi connectivity index (χ4n) is 2.73. The van der Waals surface area contributed by atoms with E-state index in [2.05, 4.69) is 49.0 Å². The molecule has 4 nitrogen and oxygen atoms in total. The molecule has 124 valence electrons. The molecular weight excluding hydrogens is 294 g/mol. The number of pyridine rings is 1. The van der Waals surface area contributed by atoms with Crippen LogP contribution in [-0.2, 0) is 11.3 Å². The SMILES string of the molecule is CCN(CC)Cc1nc(C(C)SC)ccc1N1CCOCC1. The van der Waals surface area contributed by atoms with Crippen LogP contribution in [0.3, 0.4) is 0 Å². The summed E-state index contributed by atoms with van der Waals surface area (Å²) >= 11 is 1.85. The lowest BCUT2D eigenvalue weighted by Crippen LogP contribution is -2.37. The smallest absolute Gasteiger partial charge is 0.0780 e. The normalized spacial score (nSPS) is 17.0. The Hall–Kier alpha value is -0.780. The highest BCUT2D eigenvalue weighted by Crippen LogP contribution is 2.28. The first-order chi connectivity index (χ1) is 10.7. The van der Waals surface area contributed by atoms with Crippen LogP contribution >= 0.6 is 11.8 Å². The summed E-state index contributed by atoms with van der Waals surface area (Å²) in [5.41, 5.74) is 3.68. The molecule has 5 heteroatoms. The minimum atomic E-state index is 0.439. The van der Waals surface area contributed by atoms with Gasteiger partial charge in [0, 0.05) is 24.9 Å². The van der Waals surface area contributed by atoms with Crippen molar-refractivity contribution < 1.29 is 4.74 Å². The average Bonchev–Trinajstić information content (AvgIpc) is 2.59. The summed E-state index contributed by atoms with van der Waals surface area (Å²) in [5.74, 6) is 0. The maximum absolute atomic E-state index is 5.49. The van der Waals surface area contributed by atoms with Gasteiger partial charge in [0.15, 0.2) is 0 Å². The van der Waals surface area contributed by atoms with Gasteiger partial charge >= 0.3 is 0 Å². The van der Waals surface area contributed by atoms with E-state index in [1.165, 1.54) is 17.1 Å². The Morgan fingerprint density at radius 3 is 2.55 bits per heavy atom. The molecule has 1 aromatic rings. The predicted octanol–water partition coefficient (Wildman–Crippen LogP) is 3.18. The average molecular weight is 324 g/mol. The molecule has 2 rings (SSSR count). The zero-order chi connectivity index (χ0) is 15.9. The molecule has 0 amide bonds. The minimum Gasteiger partial charge on any atom is -0.378 e. The summed E-state index contributed by atoms with van der Waals surface area (Å²) in [6, 6.07) is 4.46. The Morgan fingerprint density at radius 1 is 1.27 bits per heavy atom. The second-order valence-corrected chi connectivity index (χ2v) is 6.82. The lowest BCUT2D eigenvalue weighted by atomic mass is 10.2. The molecule has 1 aliphatic rings. The molecular formula is C17H29N3OS. The Kier molecular flexibility index (Phi) is 6.99. The summed E-state index contributed by atoms with van der Waals surface area (Å²) in [5, 5.41) is 0.439. The van der Waals surface area contributed by atoms with Crippen LogP contribution in [0.15, 0.2) is 12.1 Å². The zero-order valence-corrected chi connectivity index (χ0v) is 15.2. The molecule has 1 atom stereocenters. The van der Waals surface area contributed by atoms with Gasteiger partial charge in [-0.2, -0.15) is 11.8 Å². The van der Waals surface area contributed by atoms with Gasteiger partial charge in [-0.1, -0.05) is 13.8 Å². The Balaban J connectivity index is 2.29. The van der Waals surface area contributed by atoms with Gasteiger partial charge in [-0.25, -0.2) is 0 Å². The van der Waals surface area contributed by atoms with E-state index < -0.39 is 0 Å². The van der Waals surface area contributed by atoms with Crippen LogP contribution in [0.1, 0.15) is 37.4 Å².